The van der Waals surface area contributed by atoms with Crippen molar-refractivity contribution in [1.29, 1.82) is 0 Å². The second-order valence-corrected chi connectivity index (χ2v) is 5.10. The molecule has 2 nitrogen and oxygen atoms in total. The molecule has 0 aliphatic rings. The van der Waals surface area contributed by atoms with E-state index in [1.54, 1.807) is 6.07 Å². The molecule has 0 fully saturated rings. The van der Waals surface area contributed by atoms with Crippen LogP contribution >= 0.6 is 23.2 Å². The zero-order chi connectivity index (χ0) is 12.6. The third kappa shape index (κ3) is 2.40. The van der Waals surface area contributed by atoms with Gasteiger partial charge in [0.05, 0.1) is 21.9 Å². The quantitative estimate of drug-likeness (QED) is 0.767. The monoisotopic (exact) mass is 274 g/mol. The lowest BCUT2D eigenvalue weighted by atomic mass is 10.2. The van der Waals surface area contributed by atoms with E-state index in [0.29, 0.717) is 17.3 Å². The van der Waals surface area contributed by atoms with Crippen LogP contribution in [0.4, 0.5) is 4.39 Å². The Morgan fingerprint density at radius 3 is 2.71 bits per heavy atom. The minimum atomic E-state index is -0.450. The van der Waals surface area contributed by atoms with Gasteiger partial charge >= 0.3 is 0 Å². The Labute approximate surface area is 109 Å². The number of hydrogen-bond acceptors (Lipinski definition) is 1. The van der Waals surface area contributed by atoms with Crippen LogP contribution in [-0.2, 0) is 12.4 Å². The Hall–Kier alpha value is -0.800. The van der Waals surface area contributed by atoms with E-state index in [9.17, 15) is 4.39 Å². The van der Waals surface area contributed by atoms with Crippen LogP contribution in [0.5, 0.6) is 0 Å². The molecule has 1 aromatic carbocycles. The summed E-state index contributed by atoms with van der Waals surface area (Å²) in [6, 6.07) is 2.96. The Morgan fingerprint density at radius 1 is 1.41 bits per heavy atom. The first-order chi connectivity index (χ1) is 8.02. The van der Waals surface area contributed by atoms with Crippen molar-refractivity contribution in [2.24, 2.45) is 5.92 Å². The summed E-state index contributed by atoms with van der Waals surface area (Å²) in [5, 5.41) is 0.114. The van der Waals surface area contributed by atoms with E-state index in [0.717, 1.165) is 17.9 Å². The number of alkyl halides is 1. The highest BCUT2D eigenvalue weighted by atomic mass is 35.5. The van der Waals surface area contributed by atoms with Crippen LogP contribution in [0, 0.1) is 11.7 Å². The smallest absolute Gasteiger partial charge is 0.144 e. The van der Waals surface area contributed by atoms with Gasteiger partial charge < -0.3 is 4.57 Å². The van der Waals surface area contributed by atoms with E-state index in [-0.39, 0.29) is 5.02 Å². The summed E-state index contributed by atoms with van der Waals surface area (Å²) in [7, 11) is 0. The highest BCUT2D eigenvalue weighted by molar-refractivity contribution is 6.31. The van der Waals surface area contributed by atoms with Gasteiger partial charge in [-0.25, -0.2) is 9.37 Å². The molecule has 2 rings (SSSR count). The molecular formula is C12H13Cl2FN2. The molecule has 17 heavy (non-hydrogen) atoms. The van der Waals surface area contributed by atoms with Gasteiger partial charge in [0.25, 0.3) is 0 Å². The summed E-state index contributed by atoms with van der Waals surface area (Å²) >= 11 is 11.7. The van der Waals surface area contributed by atoms with Gasteiger partial charge in [0.15, 0.2) is 0 Å². The minimum Gasteiger partial charge on any atom is -0.327 e. The first kappa shape index (κ1) is 12.7. The molecule has 2 aromatic rings. The standard InChI is InChI=1S/C12H13Cl2FN2/c1-7(2)6-17-11-3-8(14)9(15)4-10(11)16-12(17)5-13/h3-4,7H,5-6H2,1-2H3. The fourth-order valence-corrected chi connectivity index (χ4v) is 2.20. The maximum Gasteiger partial charge on any atom is 0.144 e. The molecule has 0 N–H and O–H groups in total. The zero-order valence-electron chi connectivity index (χ0n) is 9.67. The van der Waals surface area contributed by atoms with Crippen LogP contribution in [0.3, 0.4) is 0 Å². The van der Waals surface area contributed by atoms with Crippen LogP contribution in [0.1, 0.15) is 19.7 Å². The van der Waals surface area contributed by atoms with Crippen molar-refractivity contribution in [2.75, 3.05) is 0 Å². The number of hydrogen-bond donors (Lipinski definition) is 0. The third-order valence-corrected chi connectivity index (χ3v) is 3.07. The van der Waals surface area contributed by atoms with Gasteiger partial charge in [-0.05, 0) is 12.0 Å². The average molecular weight is 275 g/mol. The maximum absolute atomic E-state index is 13.3. The Morgan fingerprint density at radius 2 is 2.12 bits per heavy atom. The molecular weight excluding hydrogens is 262 g/mol. The normalized spacial score (nSPS) is 11.6. The molecule has 0 aliphatic carbocycles. The van der Waals surface area contributed by atoms with Gasteiger partial charge in [-0.3, -0.25) is 0 Å². The number of aromatic nitrogens is 2. The molecule has 0 unspecified atom stereocenters. The second-order valence-electron chi connectivity index (χ2n) is 4.42. The second kappa shape index (κ2) is 4.83. The summed E-state index contributed by atoms with van der Waals surface area (Å²) in [6.45, 7) is 5.00. The molecule has 5 heteroatoms. The number of benzene rings is 1. The number of imidazole rings is 1. The highest BCUT2D eigenvalue weighted by Crippen LogP contribution is 2.25. The van der Waals surface area contributed by atoms with Crippen LogP contribution < -0.4 is 0 Å². The van der Waals surface area contributed by atoms with Gasteiger partial charge in [0, 0.05) is 12.6 Å². The molecule has 0 amide bonds. The fourth-order valence-electron chi connectivity index (χ4n) is 1.84. The highest BCUT2D eigenvalue weighted by Gasteiger charge is 2.13. The van der Waals surface area contributed by atoms with Crippen molar-refractivity contribution >= 4 is 34.2 Å². The van der Waals surface area contributed by atoms with Crippen LogP contribution in [-0.4, -0.2) is 9.55 Å². The molecule has 0 bridgehead atoms. The number of nitrogens with zero attached hydrogens (tertiary/aromatic N) is 2. The number of fused-ring (bicyclic) bond motifs is 1. The number of halogens is 3. The zero-order valence-corrected chi connectivity index (χ0v) is 11.2. The van der Waals surface area contributed by atoms with Crippen molar-refractivity contribution in [2.45, 2.75) is 26.3 Å². The Kier molecular flexibility index (Phi) is 3.59. The van der Waals surface area contributed by atoms with Crippen molar-refractivity contribution < 1.29 is 4.39 Å². The summed E-state index contributed by atoms with van der Waals surface area (Å²) in [5.41, 5.74) is 1.43. The lowest BCUT2D eigenvalue weighted by Gasteiger charge is -2.10. The van der Waals surface area contributed by atoms with Crippen LogP contribution in [0.15, 0.2) is 12.1 Å². The molecule has 1 heterocycles. The van der Waals surface area contributed by atoms with Crippen molar-refractivity contribution in [3.63, 3.8) is 0 Å². The predicted octanol–water partition coefficient (Wildman–Crippen LogP) is 4.22. The Balaban J connectivity index is 2.65. The lowest BCUT2D eigenvalue weighted by Crippen LogP contribution is -2.07. The molecule has 0 saturated heterocycles. The third-order valence-electron chi connectivity index (χ3n) is 2.54. The average Bonchev–Trinajstić information content (AvgIpc) is 2.57. The predicted molar refractivity (Wildman–Crippen MR) is 69.1 cm³/mol. The molecule has 1 aromatic heterocycles. The molecule has 0 saturated carbocycles. The molecule has 0 spiro atoms. The molecule has 0 atom stereocenters. The summed E-state index contributed by atoms with van der Waals surface area (Å²) in [5.74, 6) is 1.06. The van der Waals surface area contributed by atoms with Crippen molar-refractivity contribution in [1.82, 2.24) is 9.55 Å². The summed E-state index contributed by atoms with van der Waals surface area (Å²) < 4.78 is 15.3. The van der Waals surface area contributed by atoms with E-state index in [1.165, 1.54) is 6.07 Å². The first-order valence-corrected chi connectivity index (χ1v) is 6.34. The van der Waals surface area contributed by atoms with E-state index in [2.05, 4.69) is 18.8 Å². The SMILES string of the molecule is CC(C)Cn1c(CCl)nc2cc(F)c(Cl)cc21. The van der Waals surface area contributed by atoms with Gasteiger partial charge in [0.2, 0.25) is 0 Å². The van der Waals surface area contributed by atoms with E-state index >= 15 is 0 Å². The Bertz CT molecular complexity index is 549. The van der Waals surface area contributed by atoms with E-state index in [1.807, 2.05) is 4.57 Å². The molecule has 92 valence electrons. The fraction of sp³-hybridized carbons (Fsp3) is 0.417. The topological polar surface area (TPSA) is 17.8 Å². The van der Waals surface area contributed by atoms with Crippen LogP contribution in [0.25, 0.3) is 11.0 Å². The first-order valence-electron chi connectivity index (χ1n) is 5.43. The van der Waals surface area contributed by atoms with E-state index in [4.69, 9.17) is 23.2 Å². The van der Waals surface area contributed by atoms with E-state index < -0.39 is 5.82 Å². The largest absolute Gasteiger partial charge is 0.327 e. The van der Waals surface area contributed by atoms with Gasteiger partial charge in [-0.15, -0.1) is 11.6 Å². The van der Waals surface area contributed by atoms with Crippen molar-refractivity contribution in [3.05, 3.63) is 28.8 Å². The lowest BCUT2D eigenvalue weighted by molar-refractivity contribution is 0.522. The molecule has 0 radical (unpaired) electrons. The van der Waals surface area contributed by atoms with Gasteiger partial charge in [0.1, 0.15) is 11.6 Å². The van der Waals surface area contributed by atoms with Crippen molar-refractivity contribution in [3.8, 4) is 0 Å². The minimum absolute atomic E-state index is 0.114. The summed E-state index contributed by atoms with van der Waals surface area (Å²) in [6.07, 6.45) is 0. The van der Waals surface area contributed by atoms with Gasteiger partial charge in [-0.2, -0.15) is 0 Å². The maximum atomic E-state index is 13.3. The number of rotatable bonds is 3. The van der Waals surface area contributed by atoms with Crippen LogP contribution in [0.2, 0.25) is 5.02 Å². The summed E-state index contributed by atoms with van der Waals surface area (Å²) in [4.78, 5) is 4.32. The van der Waals surface area contributed by atoms with Gasteiger partial charge in [-0.1, -0.05) is 25.4 Å². The molecule has 0 aliphatic heterocycles.